The molecule has 1 aromatic carbocycles. The average molecular weight is 237 g/mol. The molecule has 2 rings (SSSR count). The molecule has 0 saturated carbocycles. The molecule has 1 N–H and O–H groups in total. The van der Waals surface area contributed by atoms with Gasteiger partial charge < -0.3 is 19.5 Å². The third-order valence-electron chi connectivity index (χ3n) is 2.34. The number of esters is 1. The Balaban J connectivity index is 1.81. The fourth-order valence-electron chi connectivity index (χ4n) is 1.55. The molecule has 0 aliphatic carbocycles. The molecule has 0 fully saturated rings. The van der Waals surface area contributed by atoms with Crippen molar-refractivity contribution in [3.05, 3.63) is 18.2 Å². The average Bonchev–Trinajstić information content (AvgIpc) is 2.76. The minimum absolute atomic E-state index is 0.194. The smallest absolute Gasteiger partial charge is 0.307 e. The van der Waals surface area contributed by atoms with Crippen molar-refractivity contribution in [1.29, 1.82) is 0 Å². The van der Waals surface area contributed by atoms with Crippen LogP contribution in [-0.4, -0.2) is 25.9 Å². The highest BCUT2D eigenvalue weighted by Gasteiger charge is 2.12. The van der Waals surface area contributed by atoms with E-state index >= 15 is 0 Å². The number of nitrogens with one attached hydrogen (secondary N) is 1. The van der Waals surface area contributed by atoms with Gasteiger partial charge in [-0.15, -0.1) is 0 Å². The van der Waals surface area contributed by atoms with Crippen LogP contribution in [-0.2, 0) is 9.53 Å². The van der Waals surface area contributed by atoms with Gasteiger partial charge in [0.15, 0.2) is 11.5 Å². The molecule has 0 saturated heterocycles. The Labute approximate surface area is 99.7 Å². The van der Waals surface area contributed by atoms with Crippen LogP contribution < -0.4 is 14.8 Å². The van der Waals surface area contributed by atoms with Crippen molar-refractivity contribution in [3.63, 3.8) is 0 Å². The summed E-state index contributed by atoms with van der Waals surface area (Å²) in [6.07, 6.45) is 0.349. The number of benzene rings is 1. The molecule has 1 heterocycles. The summed E-state index contributed by atoms with van der Waals surface area (Å²) >= 11 is 0. The van der Waals surface area contributed by atoms with Crippen molar-refractivity contribution in [2.45, 2.75) is 13.3 Å². The van der Waals surface area contributed by atoms with E-state index in [0.29, 0.717) is 19.6 Å². The molecule has 0 bridgehead atoms. The quantitative estimate of drug-likeness (QED) is 0.791. The zero-order chi connectivity index (χ0) is 12.1. The summed E-state index contributed by atoms with van der Waals surface area (Å²) < 4.78 is 15.3. The molecular weight excluding hydrogens is 222 g/mol. The normalized spacial score (nSPS) is 12.3. The Bertz CT molecular complexity index is 405. The maximum Gasteiger partial charge on any atom is 0.307 e. The van der Waals surface area contributed by atoms with Gasteiger partial charge in [0.2, 0.25) is 6.79 Å². The third kappa shape index (κ3) is 3.03. The molecule has 0 atom stereocenters. The highest BCUT2D eigenvalue weighted by molar-refractivity contribution is 5.70. The molecule has 0 aromatic heterocycles. The molecule has 0 radical (unpaired) electrons. The molecule has 0 spiro atoms. The van der Waals surface area contributed by atoms with Crippen molar-refractivity contribution >= 4 is 11.7 Å². The van der Waals surface area contributed by atoms with E-state index < -0.39 is 0 Å². The van der Waals surface area contributed by atoms with Crippen molar-refractivity contribution < 1.29 is 19.0 Å². The number of fused-ring (bicyclic) bond motifs is 1. The van der Waals surface area contributed by atoms with E-state index in [2.05, 4.69) is 5.32 Å². The summed E-state index contributed by atoms with van der Waals surface area (Å²) in [6, 6.07) is 5.58. The van der Waals surface area contributed by atoms with Gasteiger partial charge in [0.25, 0.3) is 0 Å². The van der Waals surface area contributed by atoms with Gasteiger partial charge in [-0.1, -0.05) is 0 Å². The number of hydrogen-bond donors (Lipinski definition) is 1. The monoisotopic (exact) mass is 237 g/mol. The molecule has 1 aliphatic rings. The van der Waals surface area contributed by atoms with E-state index in [1.165, 1.54) is 0 Å². The Morgan fingerprint density at radius 1 is 1.41 bits per heavy atom. The number of carbonyl (C=O) groups is 1. The van der Waals surface area contributed by atoms with Crippen LogP contribution in [0.4, 0.5) is 5.69 Å². The van der Waals surface area contributed by atoms with Gasteiger partial charge in [-0.3, -0.25) is 4.79 Å². The van der Waals surface area contributed by atoms with Gasteiger partial charge in [-0.2, -0.15) is 0 Å². The highest BCUT2D eigenvalue weighted by atomic mass is 16.7. The first kappa shape index (κ1) is 11.6. The van der Waals surface area contributed by atoms with Crippen molar-refractivity contribution in [2.75, 3.05) is 25.3 Å². The number of ether oxygens (including phenoxy) is 3. The summed E-state index contributed by atoms with van der Waals surface area (Å²) in [5.41, 5.74) is 0.901. The molecule has 5 nitrogen and oxygen atoms in total. The second-order valence-corrected chi connectivity index (χ2v) is 3.55. The summed E-state index contributed by atoms with van der Waals surface area (Å²) in [4.78, 5) is 11.1. The lowest BCUT2D eigenvalue weighted by Gasteiger charge is -2.06. The summed E-state index contributed by atoms with van der Waals surface area (Å²) in [6.45, 7) is 3.02. The highest BCUT2D eigenvalue weighted by Crippen LogP contribution is 2.34. The molecule has 1 aliphatic heterocycles. The second kappa shape index (κ2) is 5.43. The fraction of sp³-hybridized carbons (Fsp3) is 0.417. The molecule has 92 valence electrons. The van der Waals surface area contributed by atoms with Gasteiger partial charge in [-0.25, -0.2) is 0 Å². The molecule has 1 aromatic rings. The maximum absolute atomic E-state index is 11.1. The predicted octanol–water partition coefficient (Wildman–Crippen LogP) is 1.78. The molecule has 5 heteroatoms. The van der Waals surface area contributed by atoms with E-state index in [4.69, 9.17) is 14.2 Å². The van der Waals surface area contributed by atoms with Gasteiger partial charge in [0.1, 0.15) is 0 Å². The van der Waals surface area contributed by atoms with Gasteiger partial charge >= 0.3 is 5.97 Å². The van der Waals surface area contributed by atoms with Gasteiger partial charge in [-0.05, 0) is 19.1 Å². The summed E-state index contributed by atoms with van der Waals surface area (Å²) in [5, 5.41) is 3.13. The first-order valence-corrected chi connectivity index (χ1v) is 5.58. The first-order valence-electron chi connectivity index (χ1n) is 5.58. The van der Waals surface area contributed by atoms with Crippen LogP contribution in [0.5, 0.6) is 11.5 Å². The summed E-state index contributed by atoms with van der Waals surface area (Å²) in [7, 11) is 0. The molecule has 0 amide bonds. The number of carbonyl (C=O) groups excluding carboxylic acids is 1. The van der Waals surface area contributed by atoms with Crippen LogP contribution >= 0.6 is 0 Å². The fourth-order valence-corrected chi connectivity index (χ4v) is 1.55. The number of anilines is 1. The minimum Gasteiger partial charge on any atom is -0.466 e. The number of rotatable bonds is 5. The van der Waals surface area contributed by atoms with E-state index in [0.717, 1.165) is 17.2 Å². The molecular formula is C12H15NO4. The standard InChI is InChI=1S/C12H15NO4/c1-2-15-12(14)5-6-13-9-3-4-10-11(7-9)17-8-16-10/h3-4,7,13H,2,5-6,8H2,1H3. The lowest BCUT2D eigenvalue weighted by molar-refractivity contribution is -0.142. The minimum atomic E-state index is -0.194. The van der Waals surface area contributed by atoms with Crippen LogP contribution in [0.15, 0.2) is 18.2 Å². The van der Waals surface area contributed by atoms with E-state index in [1.807, 2.05) is 18.2 Å². The topological polar surface area (TPSA) is 56.8 Å². The Morgan fingerprint density at radius 2 is 2.24 bits per heavy atom. The lowest BCUT2D eigenvalue weighted by atomic mass is 10.2. The van der Waals surface area contributed by atoms with Crippen LogP contribution in [0, 0.1) is 0 Å². The summed E-state index contributed by atoms with van der Waals surface area (Å²) in [5.74, 6) is 1.29. The Morgan fingerprint density at radius 3 is 3.06 bits per heavy atom. The van der Waals surface area contributed by atoms with E-state index in [9.17, 15) is 4.79 Å². The Kier molecular flexibility index (Phi) is 3.69. The second-order valence-electron chi connectivity index (χ2n) is 3.55. The van der Waals surface area contributed by atoms with E-state index in [1.54, 1.807) is 6.92 Å². The van der Waals surface area contributed by atoms with Gasteiger partial charge in [0, 0.05) is 18.3 Å². The zero-order valence-corrected chi connectivity index (χ0v) is 9.69. The first-order chi connectivity index (χ1) is 8.29. The SMILES string of the molecule is CCOC(=O)CCNc1ccc2c(c1)OCO2. The number of hydrogen-bond acceptors (Lipinski definition) is 5. The van der Waals surface area contributed by atoms with Crippen LogP contribution in [0.2, 0.25) is 0 Å². The van der Waals surface area contributed by atoms with Crippen molar-refractivity contribution in [3.8, 4) is 11.5 Å². The van der Waals surface area contributed by atoms with E-state index in [-0.39, 0.29) is 12.8 Å². The molecule has 17 heavy (non-hydrogen) atoms. The van der Waals surface area contributed by atoms with Crippen LogP contribution in [0.25, 0.3) is 0 Å². The lowest BCUT2D eigenvalue weighted by Crippen LogP contribution is -2.11. The molecule has 0 unspecified atom stereocenters. The Hall–Kier alpha value is -1.91. The van der Waals surface area contributed by atoms with Gasteiger partial charge in [0.05, 0.1) is 13.0 Å². The zero-order valence-electron chi connectivity index (χ0n) is 9.69. The largest absolute Gasteiger partial charge is 0.466 e. The predicted molar refractivity (Wildman–Crippen MR) is 62.3 cm³/mol. The van der Waals surface area contributed by atoms with Crippen molar-refractivity contribution in [1.82, 2.24) is 0 Å². The third-order valence-corrected chi connectivity index (χ3v) is 2.34. The van der Waals surface area contributed by atoms with Crippen LogP contribution in [0.3, 0.4) is 0 Å². The maximum atomic E-state index is 11.1. The van der Waals surface area contributed by atoms with Crippen molar-refractivity contribution in [2.24, 2.45) is 0 Å². The van der Waals surface area contributed by atoms with Crippen LogP contribution in [0.1, 0.15) is 13.3 Å².